The molecule has 0 unspecified atom stereocenters. The molecule has 0 heterocycles. The normalized spacial score (nSPS) is 11.5. The highest BCUT2D eigenvalue weighted by molar-refractivity contribution is 7.89. The zero-order valence-electron chi connectivity index (χ0n) is 14.4. The summed E-state index contributed by atoms with van der Waals surface area (Å²) in [4.78, 5) is 13.2. The van der Waals surface area contributed by atoms with E-state index in [0.29, 0.717) is 5.69 Å². The van der Waals surface area contributed by atoms with E-state index >= 15 is 0 Å². The van der Waals surface area contributed by atoms with Crippen LogP contribution in [0.1, 0.15) is 0 Å². The summed E-state index contributed by atoms with van der Waals surface area (Å²) in [5.74, 6) is -1.77. The number of carbonyl (C=O) groups is 1. The van der Waals surface area contributed by atoms with Crippen molar-refractivity contribution in [1.29, 1.82) is 0 Å². The van der Waals surface area contributed by atoms with Crippen LogP contribution in [-0.2, 0) is 14.8 Å². The molecule has 0 aliphatic rings. The molecule has 2 rings (SSSR count). The lowest BCUT2D eigenvalue weighted by molar-refractivity contribution is -0.118. The van der Waals surface area contributed by atoms with Crippen LogP contribution in [0.4, 0.5) is 14.5 Å². The lowest BCUT2D eigenvalue weighted by Crippen LogP contribution is -2.39. The smallest absolute Gasteiger partial charge is 0.247 e. The number of ether oxygens (including phenoxy) is 1. The van der Waals surface area contributed by atoms with Gasteiger partial charge in [-0.15, -0.1) is 0 Å². The molecule has 0 saturated heterocycles. The van der Waals surface area contributed by atoms with E-state index < -0.39 is 34.1 Å². The minimum absolute atomic E-state index is 0.0300. The number of hydrogen-bond donors (Lipinski definition) is 0. The summed E-state index contributed by atoms with van der Waals surface area (Å²) in [7, 11) is -0.250. The summed E-state index contributed by atoms with van der Waals surface area (Å²) in [6, 6.07) is 8.29. The zero-order valence-corrected chi connectivity index (χ0v) is 15.3. The fraction of sp³-hybridized carbons (Fsp3) is 0.235. The van der Waals surface area contributed by atoms with Gasteiger partial charge in [0.1, 0.15) is 22.3 Å². The van der Waals surface area contributed by atoms with E-state index in [4.69, 9.17) is 4.74 Å². The standard InChI is InChI=1S/C17H18F2N2O4S/c1-20(11-17(22)21(2)14-7-4-12(18)5-8-14)26(23,24)16-10-13(19)6-9-15(16)25-3/h4-10H,11H2,1-3H3. The third kappa shape index (κ3) is 4.17. The number of carbonyl (C=O) groups excluding carboxylic acids is 1. The molecule has 0 aliphatic heterocycles. The van der Waals surface area contributed by atoms with Crippen LogP contribution in [0.2, 0.25) is 0 Å². The average Bonchev–Trinajstić information content (AvgIpc) is 2.61. The number of likely N-dealkylation sites (N-methyl/N-ethyl adjacent to an activating group) is 2. The predicted molar refractivity (Wildman–Crippen MR) is 92.6 cm³/mol. The Labute approximate surface area is 150 Å². The first-order chi connectivity index (χ1) is 12.2. The van der Waals surface area contributed by atoms with Crippen LogP contribution in [0.3, 0.4) is 0 Å². The Morgan fingerprint density at radius 1 is 1.04 bits per heavy atom. The van der Waals surface area contributed by atoms with E-state index in [1.165, 1.54) is 56.4 Å². The Balaban J connectivity index is 2.22. The van der Waals surface area contributed by atoms with Crippen molar-refractivity contribution in [3.8, 4) is 5.75 Å². The Bertz CT molecular complexity index is 901. The second kappa shape index (κ2) is 7.79. The average molecular weight is 384 g/mol. The van der Waals surface area contributed by atoms with Gasteiger partial charge in [-0.05, 0) is 42.5 Å². The van der Waals surface area contributed by atoms with E-state index in [2.05, 4.69) is 0 Å². The minimum Gasteiger partial charge on any atom is -0.495 e. The highest BCUT2D eigenvalue weighted by Crippen LogP contribution is 2.27. The van der Waals surface area contributed by atoms with Crippen molar-refractivity contribution in [1.82, 2.24) is 4.31 Å². The monoisotopic (exact) mass is 384 g/mol. The van der Waals surface area contributed by atoms with Crippen LogP contribution in [0.5, 0.6) is 5.75 Å². The molecule has 0 radical (unpaired) electrons. The number of methoxy groups -OCH3 is 1. The number of halogens is 2. The van der Waals surface area contributed by atoms with Crippen molar-refractivity contribution in [3.05, 3.63) is 54.1 Å². The first kappa shape index (κ1) is 19.8. The van der Waals surface area contributed by atoms with E-state index in [0.717, 1.165) is 16.4 Å². The van der Waals surface area contributed by atoms with E-state index in [-0.39, 0.29) is 10.6 Å². The summed E-state index contributed by atoms with van der Waals surface area (Å²) in [5, 5.41) is 0. The number of sulfonamides is 1. The molecule has 0 saturated carbocycles. The molecule has 6 nitrogen and oxygen atoms in total. The fourth-order valence-corrected chi connectivity index (χ4v) is 3.49. The molecule has 26 heavy (non-hydrogen) atoms. The summed E-state index contributed by atoms with van der Waals surface area (Å²) in [6.07, 6.45) is 0. The summed E-state index contributed by atoms with van der Waals surface area (Å²) in [5.41, 5.74) is 0.408. The predicted octanol–water partition coefficient (Wildman–Crippen LogP) is 2.26. The van der Waals surface area contributed by atoms with Gasteiger partial charge in [0.05, 0.1) is 13.7 Å². The molecular weight excluding hydrogens is 366 g/mol. The molecule has 1 amide bonds. The maximum atomic E-state index is 13.5. The van der Waals surface area contributed by atoms with Gasteiger partial charge in [0.25, 0.3) is 0 Å². The topological polar surface area (TPSA) is 66.9 Å². The third-order valence-electron chi connectivity index (χ3n) is 3.76. The third-order valence-corrected chi connectivity index (χ3v) is 5.58. The summed E-state index contributed by atoms with van der Waals surface area (Å²) < 4.78 is 57.5. The van der Waals surface area contributed by atoms with E-state index in [1.807, 2.05) is 0 Å². The molecule has 0 atom stereocenters. The Kier molecular flexibility index (Phi) is 5.94. The molecule has 0 aliphatic carbocycles. The van der Waals surface area contributed by atoms with Crippen LogP contribution in [0.25, 0.3) is 0 Å². The van der Waals surface area contributed by atoms with Gasteiger partial charge in [-0.2, -0.15) is 4.31 Å². The van der Waals surface area contributed by atoms with Crippen LogP contribution in [0, 0.1) is 11.6 Å². The maximum Gasteiger partial charge on any atom is 0.247 e. The van der Waals surface area contributed by atoms with Crippen molar-refractivity contribution >= 4 is 21.6 Å². The van der Waals surface area contributed by atoms with Crippen LogP contribution in [-0.4, -0.2) is 46.4 Å². The quantitative estimate of drug-likeness (QED) is 0.766. The number of amides is 1. The molecular formula is C17H18F2N2O4S. The fourth-order valence-electron chi connectivity index (χ4n) is 2.21. The first-order valence-corrected chi connectivity index (χ1v) is 8.93. The summed E-state index contributed by atoms with van der Waals surface area (Å²) >= 11 is 0. The van der Waals surface area contributed by atoms with Crippen molar-refractivity contribution in [2.75, 3.05) is 32.6 Å². The Morgan fingerprint density at radius 2 is 1.62 bits per heavy atom. The largest absolute Gasteiger partial charge is 0.495 e. The minimum atomic E-state index is -4.16. The zero-order chi connectivity index (χ0) is 19.5. The molecule has 0 bridgehead atoms. The van der Waals surface area contributed by atoms with Gasteiger partial charge in [-0.25, -0.2) is 17.2 Å². The lowest BCUT2D eigenvalue weighted by atomic mass is 10.3. The first-order valence-electron chi connectivity index (χ1n) is 7.49. The van der Waals surface area contributed by atoms with Gasteiger partial charge in [-0.1, -0.05) is 0 Å². The Hall–Kier alpha value is -2.52. The number of rotatable bonds is 6. The van der Waals surface area contributed by atoms with E-state index in [1.54, 1.807) is 0 Å². The van der Waals surface area contributed by atoms with Crippen LogP contribution in [0.15, 0.2) is 47.4 Å². The SMILES string of the molecule is COc1ccc(F)cc1S(=O)(=O)N(C)CC(=O)N(C)c1ccc(F)cc1. The van der Waals surface area contributed by atoms with Crippen molar-refractivity contribution in [2.24, 2.45) is 0 Å². The van der Waals surface area contributed by atoms with Gasteiger partial charge >= 0.3 is 0 Å². The molecule has 140 valence electrons. The van der Waals surface area contributed by atoms with Gasteiger partial charge in [-0.3, -0.25) is 4.79 Å². The van der Waals surface area contributed by atoms with Crippen molar-refractivity contribution < 1.29 is 26.7 Å². The number of benzene rings is 2. The van der Waals surface area contributed by atoms with Crippen LogP contribution < -0.4 is 9.64 Å². The molecule has 9 heteroatoms. The second-order valence-electron chi connectivity index (χ2n) is 5.49. The molecule has 0 spiro atoms. The van der Waals surface area contributed by atoms with Gasteiger partial charge in [0, 0.05) is 19.8 Å². The van der Waals surface area contributed by atoms with E-state index in [9.17, 15) is 22.0 Å². The van der Waals surface area contributed by atoms with Gasteiger partial charge in [0.2, 0.25) is 15.9 Å². The highest BCUT2D eigenvalue weighted by atomic mass is 32.2. The molecule has 2 aromatic carbocycles. The van der Waals surface area contributed by atoms with Gasteiger partial charge < -0.3 is 9.64 Å². The molecule has 0 fully saturated rings. The van der Waals surface area contributed by atoms with Crippen molar-refractivity contribution in [3.63, 3.8) is 0 Å². The number of anilines is 1. The maximum absolute atomic E-state index is 13.5. The van der Waals surface area contributed by atoms with Crippen molar-refractivity contribution in [2.45, 2.75) is 4.90 Å². The molecule has 2 aromatic rings. The molecule has 0 aromatic heterocycles. The Morgan fingerprint density at radius 3 is 2.19 bits per heavy atom. The van der Waals surface area contributed by atoms with Crippen LogP contribution >= 0.6 is 0 Å². The second-order valence-corrected chi connectivity index (χ2v) is 7.50. The highest BCUT2D eigenvalue weighted by Gasteiger charge is 2.28. The number of hydrogen-bond acceptors (Lipinski definition) is 4. The summed E-state index contributed by atoms with van der Waals surface area (Å²) in [6.45, 7) is -0.490. The molecule has 0 N–H and O–H groups in total. The lowest BCUT2D eigenvalue weighted by Gasteiger charge is -2.22. The van der Waals surface area contributed by atoms with Gasteiger partial charge in [0.15, 0.2) is 0 Å². The number of nitrogens with zero attached hydrogens (tertiary/aromatic N) is 2.